The number of halogens is 2. The molecule has 0 amide bonds. The van der Waals surface area contributed by atoms with E-state index in [4.69, 9.17) is 0 Å². The molecule has 5 rings (SSSR count). The third-order valence-electron chi connectivity index (χ3n) is 6.77. The maximum Gasteiger partial charge on any atom is 0.273 e. The molecule has 0 N–H and O–H groups in total. The molecule has 1 aromatic heterocycles. The number of hydrogen-bond donors (Lipinski definition) is 0. The molecule has 2 heterocycles. The third-order valence-corrected chi connectivity index (χ3v) is 7.84. The summed E-state index contributed by atoms with van der Waals surface area (Å²) in [5, 5.41) is 0. The fraction of sp³-hybridized carbons (Fsp3) is 0.370. The van der Waals surface area contributed by atoms with Crippen LogP contribution in [-0.2, 0) is 11.7 Å². The second-order valence-electron chi connectivity index (χ2n) is 8.82. The van der Waals surface area contributed by atoms with Gasteiger partial charge in [-0.2, -0.15) is 0 Å². The number of fused-ring (bicyclic) bond motifs is 1. The number of alkyl halides is 2. The number of aromatic nitrogens is 1. The van der Waals surface area contributed by atoms with Gasteiger partial charge in [-0.1, -0.05) is 48.9 Å². The van der Waals surface area contributed by atoms with E-state index in [9.17, 15) is 0 Å². The molecule has 2 aliphatic rings. The van der Waals surface area contributed by atoms with Crippen LogP contribution in [0.5, 0.6) is 0 Å². The van der Waals surface area contributed by atoms with Gasteiger partial charge in [0.15, 0.2) is 0 Å². The second kappa shape index (κ2) is 9.32. The SMILES string of the molecule is FC1(F)CCC(N2CCCCC2c2cccnc2)c2ccc(SCc3ccccc3)cc21. The Balaban J connectivity index is 1.43. The zero-order chi connectivity index (χ0) is 22.0. The lowest BCUT2D eigenvalue weighted by atomic mass is 9.82. The molecule has 0 bridgehead atoms. The van der Waals surface area contributed by atoms with Crippen molar-refractivity contribution in [3.63, 3.8) is 0 Å². The molecule has 2 aromatic carbocycles. The van der Waals surface area contributed by atoms with E-state index in [0.717, 1.165) is 35.6 Å². The molecule has 166 valence electrons. The normalized spacial score (nSPS) is 22.9. The van der Waals surface area contributed by atoms with Gasteiger partial charge in [0.2, 0.25) is 0 Å². The summed E-state index contributed by atoms with van der Waals surface area (Å²) in [5.41, 5.74) is 3.43. The van der Waals surface area contributed by atoms with Crippen LogP contribution < -0.4 is 0 Å². The van der Waals surface area contributed by atoms with Crippen LogP contribution in [0.3, 0.4) is 0 Å². The zero-order valence-electron chi connectivity index (χ0n) is 18.1. The lowest BCUT2D eigenvalue weighted by Crippen LogP contribution is -2.40. The van der Waals surface area contributed by atoms with Gasteiger partial charge >= 0.3 is 0 Å². The zero-order valence-corrected chi connectivity index (χ0v) is 18.9. The number of benzene rings is 2. The molecule has 0 saturated carbocycles. The summed E-state index contributed by atoms with van der Waals surface area (Å²) < 4.78 is 30.1. The van der Waals surface area contributed by atoms with Crippen molar-refractivity contribution in [2.45, 2.75) is 60.8 Å². The molecular weight excluding hydrogens is 422 g/mol. The number of hydrogen-bond acceptors (Lipinski definition) is 3. The van der Waals surface area contributed by atoms with Gasteiger partial charge in [0.25, 0.3) is 5.92 Å². The van der Waals surface area contributed by atoms with Gasteiger partial charge in [0.05, 0.1) is 0 Å². The van der Waals surface area contributed by atoms with Crippen LogP contribution in [0.1, 0.15) is 66.4 Å². The summed E-state index contributed by atoms with van der Waals surface area (Å²) in [6.45, 7) is 0.944. The van der Waals surface area contributed by atoms with Gasteiger partial charge in [0.1, 0.15) is 0 Å². The Labute approximate surface area is 193 Å². The molecule has 1 aliphatic carbocycles. The summed E-state index contributed by atoms with van der Waals surface area (Å²) >= 11 is 1.63. The fourth-order valence-electron chi connectivity index (χ4n) is 5.18. The predicted molar refractivity (Wildman–Crippen MR) is 126 cm³/mol. The summed E-state index contributed by atoms with van der Waals surface area (Å²) in [6.07, 6.45) is 7.47. The van der Waals surface area contributed by atoms with Crippen molar-refractivity contribution in [3.8, 4) is 0 Å². The highest BCUT2D eigenvalue weighted by molar-refractivity contribution is 7.98. The Bertz CT molecular complexity index is 1040. The topological polar surface area (TPSA) is 16.1 Å². The molecule has 2 nitrogen and oxygen atoms in total. The van der Waals surface area contributed by atoms with Crippen LogP contribution in [-0.4, -0.2) is 16.4 Å². The molecule has 5 heteroatoms. The number of nitrogens with zero attached hydrogens (tertiary/aromatic N) is 2. The number of pyridine rings is 1. The molecular formula is C27H28F2N2S. The molecule has 3 aromatic rings. The van der Waals surface area contributed by atoms with Gasteiger partial charge in [0, 0.05) is 47.1 Å². The van der Waals surface area contributed by atoms with Crippen molar-refractivity contribution in [2.24, 2.45) is 0 Å². The average Bonchev–Trinajstić information content (AvgIpc) is 2.84. The first-order valence-corrected chi connectivity index (χ1v) is 12.4. The monoisotopic (exact) mass is 450 g/mol. The Morgan fingerprint density at radius 3 is 2.66 bits per heavy atom. The van der Waals surface area contributed by atoms with E-state index in [1.807, 2.05) is 42.6 Å². The quantitative estimate of drug-likeness (QED) is 0.374. The van der Waals surface area contributed by atoms with E-state index in [-0.39, 0.29) is 24.1 Å². The van der Waals surface area contributed by atoms with E-state index >= 15 is 8.78 Å². The smallest absolute Gasteiger partial charge is 0.273 e. The van der Waals surface area contributed by atoms with Crippen LogP contribution in [0.15, 0.2) is 78.0 Å². The minimum absolute atomic E-state index is 0.0308. The van der Waals surface area contributed by atoms with E-state index in [0.29, 0.717) is 6.42 Å². The first-order valence-electron chi connectivity index (χ1n) is 11.5. The third kappa shape index (κ3) is 4.46. The molecule has 1 saturated heterocycles. The van der Waals surface area contributed by atoms with Crippen LogP contribution in [0.4, 0.5) is 8.78 Å². The highest BCUT2D eigenvalue weighted by Gasteiger charge is 2.44. The number of thioether (sulfide) groups is 1. The van der Waals surface area contributed by atoms with E-state index in [2.05, 4.69) is 28.1 Å². The van der Waals surface area contributed by atoms with Crippen molar-refractivity contribution in [2.75, 3.05) is 6.54 Å². The minimum Gasteiger partial charge on any atom is -0.289 e. The molecule has 1 aliphatic heterocycles. The average molecular weight is 451 g/mol. The maximum atomic E-state index is 15.1. The van der Waals surface area contributed by atoms with Crippen LogP contribution in [0.25, 0.3) is 0 Å². The van der Waals surface area contributed by atoms with Crippen LogP contribution in [0, 0.1) is 0 Å². The van der Waals surface area contributed by atoms with E-state index < -0.39 is 5.92 Å². The molecule has 2 unspecified atom stereocenters. The van der Waals surface area contributed by atoms with Gasteiger partial charge in [-0.25, -0.2) is 8.78 Å². The molecule has 2 atom stereocenters. The lowest BCUT2D eigenvalue weighted by molar-refractivity contribution is -0.0422. The second-order valence-corrected chi connectivity index (χ2v) is 9.87. The Hall–Kier alpha value is -2.24. The molecule has 32 heavy (non-hydrogen) atoms. The van der Waals surface area contributed by atoms with Crippen molar-refractivity contribution in [3.05, 3.63) is 95.3 Å². The van der Waals surface area contributed by atoms with Crippen molar-refractivity contribution in [1.29, 1.82) is 0 Å². The molecule has 1 fully saturated rings. The highest BCUT2D eigenvalue weighted by Crippen LogP contribution is 2.50. The van der Waals surface area contributed by atoms with Crippen molar-refractivity contribution in [1.82, 2.24) is 9.88 Å². The number of likely N-dealkylation sites (tertiary alicyclic amines) is 1. The van der Waals surface area contributed by atoms with Crippen LogP contribution >= 0.6 is 11.8 Å². The summed E-state index contributed by atoms with van der Waals surface area (Å²) in [7, 11) is 0. The van der Waals surface area contributed by atoms with Gasteiger partial charge in [-0.05, 0) is 60.7 Å². The first-order chi connectivity index (χ1) is 15.6. The maximum absolute atomic E-state index is 15.1. The summed E-state index contributed by atoms with van der Waals surface area (Å²) in [4.78, 5) is 7.69. The number of piperidine rings is 1. The van der Waals surface area contributed by atoms with Gasteiger partial charge < -0.3 is 0 Å². The lowest BCUT2D eigenvalue weighted by Gasteiger charge is -2.45. The largest absolute Gasteiger partial charge is 0.289 e. The Morgan fingerprint density at radius 2 is 1.84 bits per heavy atom. The Kier molecular flexibility index (Phi) is 6.29. The number of rotatable bonds is 5. The molecule has 0 radical (unpaired) electrons. The minimum atomic E-state index is -2.77. The Morgan fingerprint density at radius 1 is 0.969 bits per heavy atom. The van der Waals surface area contributed by atoms with E-state index in [1.165, 1.54) is 17.5 Å². The van der Waals surface area contributed by atoms with Gasteiger partial charge in [-0.3, -0.25) is 9.88 Å². The van der Waals surface area contributed by atoms with E-state index in [1.54, 1.807) is 24.0 Å². The van der Waals surface area contributed by atoms with Gasteiger partial charge in [-0.15, -0.1) is 11.8 Å². The van der Waals surface area contributed by atoms with Crippen molar-refractivity contribution >= 4 is 11.8 Å². The molecule has 0 spiro atoms. The standard InChI is InChI=1S/C27H28F2N2S/c28-27(29)14-13-26(31-16-5-4-10-25(31)21-9-6-15-30-18-21)23-12-11-22(17-24(23)27)32-19-20-7-2-1-3-8-20/h1-3,6-9,11-12,15,17-18,25-26H,4-5,10,13-14,16,19H2. The predicted octanol–water partition coefficient (Wildman–Crippen LogP) is 7.53. The summed E-state index contributed by atoms with van der Waals surface area (Å²) in [6, 6.07) is 20.3. The van der Waals surface area contributed by atoms with Crippen molar-refractivity contribution < 1.29 is 8.78 Å². The summed E-state index contributed by atoms with van der Waals surface area (Å²) in [5.74, 6) is -1.99. The first kappa shape index (κ1) is 21.6. The highest BCUT2D eigenvalue weighted by atomic mass is 32.2. The fourth-order valence-corrected chi connectivity index (χ4v) is 6.08. The van der Waals surface area contributed by atoms with Crippen LogP contribution in [0.2, 0.25) is 0 Å².